The summed E-state index contributed by atoms with van der Waals surface area (Å²) in [6, 6.07) is 13.6. The fourth-order valence-electron chi connectivity index (χ4n) is 3.40. The first-order valence-corrected chi connectivity index (χ1v) is 10.8. The Morgan fingerprint density at radius 2 is 1.84 bits per heavy atom. The quantitative estimate of drug-likeness (QED) is 0.445. The van der Waals surface area contributed by atoms with Gasteiger partial charge in [-0.2, -0.15) is 0 Å². The number of aryl methyl sites for hydroxylation is 1. The van der Waals surface area contributed by atoms with Gasteiger partial charge >= 0.3 is 0 Å². The summed E-state index contributed by atoms with van der Waals surface area (Å²) < 4.78 is 6.50. The van der Waals surface area contributed by atoms with Crippen molar-refractivity contribution in [3.8, 4) is 16.9 Å². The van der Waals surface area contributed by atoms with Crippen molar-refractivity contribution in [2.75, 3.05) is 12.4 Å². The largest absolute Gasteiger partial charge is 0.497 e. The number of aromatic nitrogens is 2. The molecule has 0 bridgehead atoms. The fourth-order valence-corrected chi connectivity index (χ4v) is 4.53. The molecule has 0 aliphatic carbocycles. The maximum absolute atomic E-state index is 13.4. The molecule has 4 rings (SSSR count). The normalized spacial score (nSPS) is 12.0. The molecule has 0 aliphatic rings. The summed E-state index contributed by atoms with van der Waals surface area (Å²) in [7, 11) is 1.58. The van der Waals surface area contributed by atoms with Gasteiger partial charge in [0, 0.05) is 21.2 Å². The van der Waals surface area contributed by atoms with Crippen molar-refractivity contribution in [3.05, 3.63) is 75.1 Å². The van der Waals surface area contributed by atoms with Crippen LogP contribution in [0.5, 0.6) is 5.75 Å². The van der Waals surface area contributed by atoms with Crippen LogP contribution >= 0.6 is 22.9 Å². The van der Waals surface area contributed by atoms with Crippen molar-refractivity contribution in [1.29, 1.82) is 0 Å². The highest BCUT2D eigenvalue weighted by atomic mass is 35.5. The molecule has 1 N–H and O–H groups in total. The number of ether oxygens (including phenoxy) is 1. The van der Waals surface area contributed by atoms with Crippen molar-refractivity contribution in [2.45, 2.75) is 19.9 Å². The minimum Gasteiger partial charge on any atom is -0.497 e. The van der Waals surface area contributed by atoms with Gasteiger partial charge in [-0.25, -0.2) is 4.98 Å². The minimum absolute atomic E-state index is 0.253. The zero-order valence-electron chi connectivity index (χ0n) is 17.2. The zero-order chi connectivity index (χ0) is 22.1. The second kappa shape index (κ2) is 8.53. The molecular weight excluding hydrogens is 434 g/mol. The van der Waals surface area contributed by atoms with Crippen LogP contribution in [0.2, 0.25) is 5.02 Å². The molecular formula is C23H20ClN3O3S. The molecule has 0 fully saturated rings. The number of nitrogens with one attached hydrogen (secondary N) is 1. The van der Waals surface area contributed by atoms with Gasteiger partial charge in [0.25, 0.3) is 5.56 Å². The molecule has 2 aromatic carbocycles. The molecule has 2 heterocycles. The number of amides is 1. The van der Waals surface area contributed by atoms with Crippen molar-refractivity contribution < 1.29 is 9.53 Å². The van der Waals surface area contributed by atoms with E-state index >= 15 is 0 Å². The number of halogens is 1. The summed E-state index contributed by atoms with van der Waals surface area (Å²) in [4.78, 5) is 32.3. The van der Waals surface area contributed by atoms with Gasteiger partial charge in [-0.3, -0.25) is 14.2 Å². The molecule has 31 heavy (non-hydrogen) atoms. The number of carbonyl (C=O) groups is 1. The van der Waals surface area contributed by atoms with E-state index in [0.717, 1.165) is 16.0 Å². The number of thiophene rings is 1. The Bertz CT molecular complexity index is 1310. The number of rotatable bonds is 5. The molecule has 0 saturated carbocycles. The van der Waals surface area contributed by atoms with E-state index in [4.69, 9.17) is 16.3 Å². The third-order valence-electron chi connectivity index (χ3n) is 5.10. The van der Waals surface area contributed by atoms with Crippen LogP contribution in [0.4, 0.5) is 5.69 Å². The minimum atomic E-state index is -0.746. The molecule has 0 aliphatic heterocycles. The molecule has 158 valence electrons. The summed E-state index contributed by atoms with van der Waals surface area (Å²) in [5, 5.41) is 3.97. The van der Waals surface area contributed by atoms with Crippen molar-refractivity contribution >= 4 is 44.7 Å². The third-order valence-corrected chi connectivity index (χ3v) is 6.37. The van der Waals surface area contributed by atoms with Crippen LogP contribution in [0.25, 0.3) is 21.3 Å². The van der Waals surface area contributed by atoms with E-state index < -0.39 is 6.04 Å². The van der Waals surface area contributed by atoms with E-state index in [1.54, 1.807) is 50.4 Å². The second-order valence-corrected chi connectivity index (χ2v) is 8.71. The summed E-state index contributed by atoms with van der Waals surface area (Å²) in [5.74, 6) is 0.382. The van der Waals surface area contributed by atoms with E-state index in [-0.39, 0.29) is 11.5 Å². The Hall–Kier alpha value is -3.16. The smallest absolute Gasteiger partial charge is 0.263 e. The molecule has 1 amide bonds. The van der Waals surface area contributed by atoms with Crippen LogP contribution < -0.4 is 15.6 Å². The van der Waals surface area contributed by atoms with E-state index in [9.17, 15) is 9.59 Å². The summed E-state index contributed by atoms with van der Waals surface area (Å²) >= 11 is 7.48. The maximum atomic E-state index is 13.4. The summed E-state index contributed by atoms with van der Waals surface area (Å²) in [6.45, 7) is 3.63. The van der Waals surface area contributed by atoms with Gasteiger partial charge < -0.3 is 10.1 Å². The number of methoxy groups -OCH3 is 1. The Labute approximate surface area is 188 Å². The van der Waals surface area contributed by atoms with Crippen LogP contribution in [-0.4, -0.2) is 22.6 Å². The van der Waals surface area contributed by atoms with E-state index in [1.807, 2.05) is 19.1 Å². The van der Waals surface area contributed by atoms with Gasteiger partial charge in [-0.05, 0) is 55.8 Å². The van der Waals surface area contributed by atoms with Gasteiger partial charge in [-0.15, -0.1) is 11.3 Å². The Morgan fingerprint density at radius 3 is 2.48 bits per heavy atom. The Kier molecular flexibility index (Phi) is 5.80. The summed E-state index contributed by atoms with van der Waals surface area (Å²) in [5.41, 5.74) is 2.08. The number of hydrogen-bond acceptors (Lipinski definition) is 5. The van der Waals surface area contributed by atoms with Gasteiger partial charge in [-0.1, -0.05) is 23.7 Å². The highest BCUT2D eigenvalue weighted by Crippen LogP contribution is 2.36. The number of fused-ring (bicyclic) bond motifs is 1. The number of anilines is 1. The predicted octanol–water partition coefficient (Wildman–Crippen LogP) is 5.30. The lowest BCUT2D eigenvalue weighted by molar-refractivity contribution is -0.118. The first kappa shape index (κ1) is 21.1. The van der Waals surface area contributed by atoms with Crippen molar-refractivity contribution in [1.82, 2.24) is 9.55 Å². The molecule has 0 radical (unpaired) electrons. The standard InChI is InChI=1S/C23H20ClN3O3S/c1-13(21(28)26-17-8-10-18(30-3)11-9-17)27-12-25-22-20(23(27)29)19(14(2)31-22)15-4-6-16(24)7-5-15/h4-13H,1-3H3,(H,26,28). The van der Waals surface area contributed by atoms with Crippen molar-refractivity contribution in [2.24, 2.45) is 0 Å². The molecule has 1 unspecified atom stereocenters. The lowest BCUT2D eigenvalue weighted by Gasteiger charge is -2.15. The van der Waals surface area contributed by atoms with Gasteiger partial charge in [0.15, 0.2) is 0 Å². The highest BCUT2D eigenvalue weighted by Gasteiger charge is 2.22. The maximum Gasteiger partial charge on any atom is 0.263 e. The Balaban J connectivity index is 1.71. The van der Waals surface area contributed by atoms with Crippen LogP contribution in [0, 0.1) is 6.92 Å². The lowest BCUT2D eigenvalue weighted by Crippen LogP contribution is -2.31. The average molecular weight is 454 g/mol. The van der Waals surface area contributed by atoms with Crippen LogP contribution in [-0.2, 0) is 4.79 Å². The Morgan fingerprint density at radius 1 is 1.16 bits per heavy atom. The molecule has 2 aromatic heterocycles. The molecule has 1 atom stereocenters. The average Bonchev–Trinajstić information content (AvgIpc) is 3.11. The lowest BCUT2D eigenvalue weighted by atomic mass is 10.0. The second-order valence-electron chi connectivity index (χ2n) is 7.07. The van der Waals surface area contributed by atoms with Crippen LogP contribution in [0.3, 0.4) is 0 Å². The molecule has 0 spiro atoms. The SMILES string of the molecule is COc1ccc(NC(=O)C(C)n2cnc3sc(C)c(-c4ccc(Cl)cc4)c3c2=O)cc1. The number of nitrogens with zero attached hydrogens (tertiary/aromatic N) is 2. The summed E-state index contributed by atoms with van der Waals surface area (Å²) in [6.07, 6.45) is 1.44. The van der Waals surface area contributed by atoms with Crippen molar-refractivity contribution in [3.63, 3.8) is 0 Å². The first-order chi connectivity index (χ1) is 14.9. The highest BCUT2D eigenvalue weighted by molar-refractivity contribution is 7.19. The number of carbonyl (C=O) groups excluding carboxylic acids is 1. The number of benzene rings is 2. The fraction of sp³-hybridized carbons (Fsp3) is 0.174. The van der Waals surface area contributed by atoms with E-state index in [2.05, 4.69) is 10.3 Å². The number of hydrogen-bond donors (Lipinski definition) is 1. The van der Waals surface area contributed by atoms with Gasteiger partial charge in [0.05, 0.1) is 18.8 Å². The van der Waals surface area contributed by atoms with Gasteiger partial charge in [0.1, 0.15) is 16.6 Å². The molecule has 8 heteroatoms. The zero-order valence-corrected chi connectivity index (χ0v) is 18.8. The van der Waals surface area contributed by atoms with Crippen LogP contribution in [0.1, 0.15) is 17.8 Å². The van der Waals surface area contributed by atoms with E-state index in [1.165, 1.54) is 22.2 Å². The molecule has 4 aromatic rings. The topological polar surface area (TPSA) is 73.2 Å². The first-order valence-electron chi connectivity index (χ1n) is 9.60. The third kappa shape index (κ3) is 4.06. The predicted molar refractivity (Wildman–Crippen MR) is 125 cm³/mol. The van der Waals surface area contributed by atoms with E-state index in [0.29, 0.717) is 26.7 Å². The molecule has 0 saturated heterocycles. The monoisotopic (exact) mass is 453 g/mol. The molecule has 6 nitrogen and oxygen atoms in total. The van der Waals surface area contributed by atoms with Crippen LogP contribution in [0.15, 0.2) is 59.7 Å². The van der Waals surface area contributed by atoms with Gasteiger partial charge in [0.2, 0.25) is 5.91 Å².